The molecule has 0 radical (unpaired) electrons. The summed E-state index contributed by atoms with van der Waals surface area (Å²) < 4.78 is 6.49. The Morgan fingerprint density at radius 2 is 1.94 bits per heavy atom. The molecule has 1 rings (SSSR count). The van der Waals surface area contributed by atoms with E-state index in [0.717, 1.165) is 3.57 Å². The third kappa shape index (κ3) is 6.42. The van der Waals surface area contributed by atoms with Crippen LogP contribution in [0.15, 0.2) is 24.3 Å². The molecular weight excluding hydrogens is 367 g/mol. The zero-order valence-corrected chi connectivity index (χ0v) is 13.4. The van der Waals surface area contributed by atoms with Crippen molar-refractivity contribution in [2.24, 2.45) is 5.73 Å². The first kappa shape index (κ1) is 17.5. The molecule has 0 aliphatic heterocycles. The van der Waals surface area contributed by atoms with E-state index in [1.165, 1.54) is 0 Å². The first-order chi connectivity index (χ1) is 7.93. The largest absolute Gasteiger partial charge is 0.484 e. The molecule has 0 aromatic heterocycles. The Labute approximate surface area is 127 Å². The minimum atomic E-state index is -0.396. The zero-order valence-electron chi connectivity index (χ0n) is 10.4. The molecule has 18 heavy (non-hydrogen) atoms. The highest BCUT2D eigenvalue weighted by Crippen LogP contribution is 2.13. The number of hydrogen-bond acceptors (Lipinski definition) is 3. The molecule has 0 fully saturated rings. The molecular formula is C12H18ClIN2O2. The number of benzene rings is 1. The van der Waals surface area contributed by atoms with Crippen LogP contribution in [-0.4, -0.2) is 24.6 Å². The lowest BCUT2D eigenvalue weighted by molar-refractivity contribution is -0.124. The molecule has 1 amide bonds. The second kappa shape index (κ2) is 7.81. The van der Waals surface area contributed by atoms with Crippen LogP contribution in [0, 0.1) is 3.57 Å². The molecule has 0 unspecified atom stereocenters. The standard InChI is InChI=1S/C12H17IN2O2.ClH/c1-12(2,8-14)15-11(16)7-17-10-5-3-9(13)4-6-10;/h3-6H,7-8,14H2,1-2H3,(H,15,16);1H. The topological polar surface area (TPSA) is 64.3 Å². The number of ether oxygens (including phenoxy) is 1. The fraction of sp³-hybridized carbons (Fsp3) is 0.417. The third-order valence-electron chi connectivity index (χ3n) is 2.17. The normalized spacial score (nSPS) is 10.4. The number of halogens is 2. The van der Waals surface area contributed by atoms with Gasteiger partial charge in [-0.15, -0.1) is 12.4 Å². The molecule has 0 spiro atoms. The highest BCUT2D eigenvalue weighted by atomic mass is 127. The number of nitrogens with two attached hydrogens (primary N) is 1. The summed E-state index contributed by atoms with van der Waals surface area (Å²) in [4.78, 5) is 11.6. The highest BCUT2D eigenvalue weighted by Gasteiger charge is 2.18. The minimum absolute atomic E-state index is 0. The van der Waals surface area contributed by atoms with E-state index in [0.29, 0.717) is 12.3 Å². The Morgan fingerprint density at radius 1 is 1.39 bits per heavy atom. The molecule has 102 valence electrons. The van der Waals surface area contributed by atoms with Gasteiger partial charge < -0.3 is 15.8 Å². The Kier molecular flexibility index (Phi) is 7.58. The molecule has 6 heteroatoms. The predicted octanol–water partition coefficient (Wildman–Crippen LogP) is 1.95. The molecule has 0 aliphatic rings. The Bertz CT molecular complexity index is 382. The Balaban J connectivity index is 0.00000289. The van der Waals surface area contributed by atoms with Gasteiger partial charge in [0.25, 0.3) is 5.91 Å². The summed E-state index contributed by atoms with van der Waals surface area (Å²) in [7, 11) is 0. The second-order valence-electron chi connectivity index (χ2n) is 4.38. The second-order valence-corrected chi connectivity index (χ2v) is 5.62. The van der Waals surface area contributed by atoms with Crippen molar-refractivity contribution in [2.45, 2.75) is 19.4 Å². The number of nitrogens with one attached hydrogen (secondary N) is 1. The maximum absolute atomic E-state index is 11.6. The average molecular weight is 385 g/mol. The van der Waals surface area contributed by atoms with Gasteiger partial charge in [0, 0.05) is 15.7 Å². The maximum atomic E-state index is 11.6. The van der Waals surface area contributed by atoms with E-state index in [9.17, 15) is 4.79 Å². The number of carbonyl (C=O) groups excluding carboxylic acids is 1. The van der Waals surface area contributed by atoms with Gasteiger partial charge in [0.15, 0.2) is 6.61 Å². The monoisotopic (exact) mass is 384 g/mol. The quantitative estimate of drug-likeness (QED) is 0.763. The summed E-state index contributed by atoms with van der Waals surface area (Å²) >= 11 is 2.21. The first-order valence-corrected chi connectivity index (χ1v) is 6.40. The average Bonchev–Trinajstić information content (AvgIpc) is 2.28. The van der Waals surface area contributed by atoms with Crippen molar-refractivity contribution in [3.63, 3.8) is 0 Å². The Morgan fingerprint density at radius 3 is 2.44 bits per heavy atom. The lowest BCUT2D eigenvalue weighted by Crippen LogP contribution is -2.50. The summed E-state index contributed by atoms with van der Waals surface area (Å²) in [6, 6.07) is 7.53. The van der Waals surface area contributed by atoms with Gasteiger partial charge in [0.05, 0.1) is 0 Å². The number of hydrogen-bond donors (Lipinski definition) is 2. The van der Waals surface area contributed by atoms with Gasteiger partial charge in [0.2, 0.25) is 0 Å². The molecule has 0 bridgehead atoms. The van der Waals surface area contributed by atoms with Crippen LogP contribution in [0.2, 0.25) is 0 Å². The van der Waals surface area contributed by atoms with Gasteiger partial charge in [-0.05, 0) is 60.7 Å². The van der Waals surface area contributed by atoms with Gasteiger partial charge in [-0.1, -0.05) is 0 Å². The van der Waals surface area contributed by atoms with Crippen molar-refractivity contribution < 1.29 is 9.53 Å². The fourth-order valence-electron chi connectivity index (χ4n) is 1.14. The molecule has 1 aromatic carbocycles. The molecule has 4 nitrogen and oxygen atoms in total. The SMILES string of the molecule is CC(C)(CN)NC(=O)COc1ccc(I)cc1.Cl. The third-order valence-corrected chi connectivity index (χ3v) is 2.89. The van der Waals surface area contributed by atoms with Crippen molar-refractivity contribution in [2.75, 3.05) is 13.2 Å². The minimum Gasteiger partial charge on any atom is -0.484 e. The van der Waals surface area contributed by atoms with E-state index in [1.807, 2.05) is 38.1 Å². The predicted molar refractivity (Wildman–Crippen MR) is 83.2 cm³/mol. The van der Waals surface area contributed by atoms with Crippen molar-refractivity contribution in [3.8, 4) is 5.75 Å². The summed E-state index contributed by atoms with van der Waals surface area (Å²) in [5.41, 5.74) is 5.13. The van der Waals surface area contributed by atoms with Crippen LogP contribution in [0.4, 0.5) is 0 Å². The van der Waals surface area contributed by atoms with Crippen molar-refractivity contribution in [3.05, 3.63) is 27.8 Å². The lowest BCUT2D eigenvalue weighted by Gasteiger charge is -2.24. The fourth-order valence-corrected chi connectivity index (χ4v) is 1.50. The molecule has 0 heterocycles. The van der Waals surface area contributed by atoms with Crippen LogP contribution >= 0.6 is 35.0 Å². The summed E-state index contributed by atoms with van der Waals surface area (Å²) in [5.74, 6) is 0.519. The van der Waals surface area contributed by atoms with Gasteiger partial charge >= 0.3 is 0 Å². The van der Waals surface area contributed by atoms with Crippen LogP contribution in [-0.2, 0) is 4.79 Å². The van der Waals surface area contributed by atoms with Gasteiger partial charge in [-0.3, -0.25) is 4.79 Å². The molecule has 0 atom stereocenters. The van der Waals surface area contributed by atoms with Crippen LogP contribution in [0.3, 0.4) is 0 Å². The van der Waals surface area contributed by atoms with Crippen LogP contribution in [0.5, 0.6) is 5.75 Å². The van der Waals surface area contributed by atoms with E-state index < -0.39 is 5.54 Å². The van der Waals surface area contributed by atoms with E-state index in [-0.39, 0.29) is 24.9 Å². The molecule has 1 aromatic rings. The van der Waals surface area contributed by atoms with Crippen LogP contribution in [0.1, 0.15) is 13.8 Å². The van der Waals surface area contributed by atoms with E-state index in [4.69, 9.17) is 10.5 Å². The number of rotatable bonds is 5. The summed E-state index contributed by atoms with van der Waals surface area (Å²) in [6.07, 6.45) is 0. The van der Waals surface area contributed by atoms with Crippen molar-refractivity contribution >= 4 is 40.9 Å². The number of carbonyl (C=O) groups is 1. The van der Waals surface area contributed by atoms with E-state index in [1.54, 1.807) is 0 Å². The number of amides is 1. The van der Waals surface area contributed by atoms with E-state index in [2.05, 4.69) is 27.9 Å². The van der Waals surface area contributed by atoms with Gasteiger partial charge in [-0.2, -0.15) is 0 Å². The van der Waals surface area contributed by atoms with E-state index >= 15 is 0 Å². The summed E-state index contributed by atoms with van der Waals surface area (Å²) in [6.45, 7) is 4.14. The summed E-state index contributed by atoms with van der Waals surface area (Å²) in [5, 5.41) is 2.80. The van der Waals surface area contributed by atoms with Crippen molar-refractivity contribution in [1.29, 1.82) is 0 Å². The van der Waals surface area contributed by atoms with Gasteiger partial charge in [0.1, 0.15) is 5.75 Å². The molecule has 0 saturated carbocycles. The molecule has 3 N–H and O–H groups in total. The highest BCUT2D eigenvalue weighted by molar-refractivity contribution is 14.1. The first-order valence-electron chi connectivity index (χ1n) is 5.32. The molecule has 0 saturated heterocycles. The lowest BCUT2D eigenvalue weighted by atomic mass is 10.1. The maximum Gasteiger partial charge on any atom is 0.258 e. The Hall–Kier alpha value is -0.530. The van der Waals surface area contributed by atoms with Crippen LogP contribution in [0.25, 0.3) is 0 Å². The smallest absolute Gasteiger partial charge is 0.258 e. The van der Waals surface area contributed by atoms with Gasteiger partial charge in [-0.25, -0.2) is 0 Å². The molecule has 0 aliphatic carbocycles. The zero-order chi connectivity index (χ0) is 12.9. The van der Waals surface area contributed by atoms with Crippen LogP contribution < -0.4 is 15.8 Å². The van der Waals surface area contributed by atoms with Crippen molar-refractivity contribution in [1.82, 2.24) is 5.32 Å².